The highest BCUT2D eigenvalue weighted by Gasteiger charge is 2.14. The lowest BCUT2D eigenvalue weighted by molar-refractivity contribution is -0.597. The Morgan fingerprint density at radius 2 is 1.22 bits per heavy atom. The van der Waals surface area contributed by atoms with Gasteiger partial charge in [-0.2, -0.15) is 0 Å². The molecule has 3 aromatic rings. The largest absolute Gasteiger partial charge is 0.744 e. The summed E-state index contributed by atoms with van der Waals surface area (Å²) >= 11 is 10.9. The molecule has 0 spiro atoms. The molecule has 7 heteroatoms. The van der Waals surface area contributed by atoms with Crippen molar-refractivity contribution in [3.05, 3.63) is 95.0 Å². The van der Waals surface area contributed by atoms with Gasteiger partial charge in [-0.15, -0.1) is 0 Å². The third-order valence-corrected chi connectivity index (χ3v) is 7.64. The summed E-state index contributed by atoms with van der Waals surface area (Å²) in [5.41, 5.74) is 2.68. The molecule has 0 fully saturated rings. The van der Waals surface area contributed by atoms with Crippen LogP contribution in [0.2, 0.25) is 10.0 Å². The fraction of sp³-hybridized carbons (Fsp3) is 0.100. The first-order valence-electron chi connectivity index (χ1n) is 7.84. The van der Waals surface area contributed by atoms with Gasteiger partial charge in [0.05, 0.1) is 9.92 Å². The van der Waals surface area contributed by atoms with E-state index >= 15 is 0 Å². The smallest absolute Gasteiger partial charge is 0.357 e. The molecule has 0 radical (unpaired) electrons. The van der Waals surface area contributed by atoms with Crippen molar-refractivity contribution in [1.82, 2.24) is 0 Å². The Kier molecular flexibility index (Phi) is 8.12. The van der Waals surface area contributed by atoms with Gasteiger partial charge < -0.3 is 4.55 Å². The van der Waals surface area contributed by atoms with Crippen LogP contribution in [-0.4, -0.2) is 13.0 Å². The fourth-order valence-corrected chi connectivity index (χ4v) is 5.36. The maximum absolute atomic E-state index is 10.5. The number of benzene rings is 3. The van der Waals surface area contributed by atoms with Crippen LogP contribution in [-0.2, 0) is 10.1 Å². The molecule has 3 rings (SSSR count). The van der Waals surface area contributed by atoms with E-state index in [1.807, 2.05) is 0 Å². The highest BCUT2D eigenvalue weighted by molar-refractivity contribution is 7.85. The van der Waals surface area contributed by atoms with Gasteiger partial charge in [-0.1, -0.05) is 58.6 Å². The summed E-state index contributed by atoms with van der Waals surface area (Å²) in [6.07, 6.45) is 0. The highest BCUT2D eigenvalue weighted by atomic mass is 127. The van der Waals surface area contributed by atoms with E-state index in [2.05, 4.69) is 62.4 Å². The third kappa shape index (κ3) is 7.43. The molecule has 3 aromatic carbocycles. The van der Waals surface area contributed by atoms with E-state index < -0.39 is 15.0 Å². The van der Waals surface area contributed by atoms with Gasteiger partial charge in [0, 0.05) is 5.02 Å². The van der Waals surface area contributed by atoms with Crippen LogP contribution in [0.25, 0.3) is 0 Å². The minimum atomic E-state index is -4.52. The normalized spacial score (nSPS) is 10.9. The zero-order valence-corrected chi connectivity index (χ0v) is 19.1. The maximum Gasteiger partial charge on any atom is 0.357 e. The summed E-state index contributed by atoms with van der Waals surface area (Å²) in [5, 5.41) is 0.0447. The predicted molar refractivity (Wildman–Crippen MR) is 104 cm³/mol. The topological polar surface area (TPSA) is 57.2 Å². The zero-order valence-electron chi connectivity index (χ0n) is 14.6. The average molecular weight is 535 g/mol. The van der Waals surface area contributed by atoms with E-state index in [-0.39, 0.29) is 31.3 Å². The van der Waals surface area contributed by atoms with Crippen molar-refractivity contribution in [2.45, 2.75) is 18.7 Å². The number of rotatable bonds is 3. The summed E-state index contributed by atoms with van der Waals surface area (Å²) in [4.78, 5) is -0.489. The molecule has 142 valence electrons. The van der Waals surface area contributed by atoms with Crippen molar-refractivity contribution in [2.24, 2.45) is 0 Å². The zero-order chi connectivity index (χ0) is 20.0. The predicted octanol–water partition coefficient (Wildman–Crippen LogP) is 2.33. The molecule has 0 saturated heterocycles. The van der Waals surface area contributed by atoms with Gasteiger partial charge >= 0.3 is 21.2 Å². The Balaban J connectivity index is 0.000000199. The molecule has 0 aliphatic carbocycles. The van der Waals surface area contributed by atoms with Gasteiger partial charge in [-0.3, -0.25) is 0 Å². The Hall–Kier alpha value is -1.12. The number of halogens is 3. The Morgan fingerprint density at radius 3 is 1.59 bits per heavy atom. The number of hydrogen-bond acceptors (Lipinski definition) is 3. The molecule has 0 atom stereocenters. The van der Waals surface area contributed by atoms with Gasteiger partial charge in [-0.05, 0) is 56.3 Å². The summed E-state index contributed by atoms with van der Waals surface area (Å²) in [5.74, 6) is 0. The van der Waals surface area contributed by atoms with E-state index in [4.69, 9.17) is 23.2 Å². The minimum absolute atomic E-state index is 0.00313. The second kappa shape index (κ2) is 9.89. The van der Waals surface area contributed by atoms with Gasteiger partial charge in [0.1, 0.15) is 10.1 Å². The summed E-state index contributed by atoms with van der Waals surface area (Å²) in [6, 6.07) is 21.5. The minimum Gasteiger partial charge on any atom is -0.744 e. The standard InChI is InChI=1S/C14H14I.C6H4Cl2O3S/c1-11-3-7-13(8-4-11)15-14-9-5-12(2)6-10-14;7-4-1-2-5(8)6(3-4)12(9,10)11/h3-10H,1-2H3;1-3H,(H,9,10,11)/q+1;/p-1. The van der Waals surface area contributed by atoms with Gasteiger partial charge in [0.15, 0.2) is 7.14 Å². The van der Waals surface area contributed by atoms with Crippen LogP contribution >= 0.6 is 23.2 Å². The van der Waals surface area contributed by atoms with Crippen molar-refractivity contribution in [3.8, 4) is 0 Å². The van der Waals surface area contributed by atoms with Gasteiger partial charge in [0.25, 0.3) is 0 Å². The lowest BCUT2D eigenvalue weighted by Gasteiger charge is -2.08. The first-order chi connectivity index (χ1) is 12.6. The quantitative estimate of drug-likeness (QED) is 0.383. The SMILES string of the molecule is Cc1ccc([I+]c2ccc(C)cc2)cc1.O=S(=O)([O-])c1cc(Cl)ccc1Cl. The fourth-order valence-electron chi connectivity index (χ4n) is 1.99. The average Bonchev–Trinajstić information content (AvgIpc) is 2.61. The van der Waals surface area contributed by atoms with Crippen LogP contribution in [0.4, 0.5) is 0 Å². The van der Waals surface area contributed by atoms with Crippen LogP contribution in [0.5, 0.6) is 0 Å². The molecule has 0 amide bonds. The van der Waals surface area contributed by atoms with Crippen molar-refractivity contribution in [1.29, 1.82) is 0 Å². The second-order valence-electron chi connectivity index (χ2n) is 5.71. The highest BCUT2D eigenvalue weighted by Crippen LogP contribution is 2.24. The van der Waals surface area contributed by atoms with E-state index in [0.29, 0.717) is 0 Å². The van der Waals surface area contributed by atoms with E-state index in [1.165, 1.54) is 30.4 Å². The molecule has 27 heavy (non-hydrogen) atoms. The third-order valence-electron chi connectivity index (χ3n) is 3.40. The Labute approximate surface area is 180 Å². The van der Waals surface area contributed by atoms with Crippen LogP contribution in [0, 0.1) is 21.0 Å². The summed E-state index contributed by atoms with van der Waals surface area (Å²) in [7, 11) is -4.52. The second-order valence-corrected chi connectivity index (χ2v) is 10.9. The first-order valence-corrected chi connectivity index (χ1v) is 12.2. The van der Waals surface area contributed by atoms with Gasteiger partial charge in [0.2, 0.25) is 0 Å². The summed E-state index contributed by atoms with van der Waals surface area (Å²) < 4.78 is 34.5. The van der Waals surface area contributed by atoms with Crippen LogP contribution in [0.1, 0.15) is 11.1 Å². The number of aryl methyl sites for hydroxylation is 2. The van der Waals surface area contributed by atoms with Crippen LogP contribution < -0.4 is 21.2 Å². The first kappa shape index (κ1) is 22.2. The Morgan fingerprint density at radius 1 is 0.778 bits per heavy atom. The molecule has 0 unspecified atom stereocenters. The van der Waals surface area contributed by atoms with Crippen LogP contribution in [0.3, 0.4) is 0 Å². The van der Waals surface area contributed by atoms with Crippen molar-refractivity contribution in [3.63, 3.8) is 0 Å². The monoisotopic (exact) mass is 534 g/mol. The van der Waals surface area contributed by atoms with Crippen LogP contribution in [0.15, 0.2) is 71.6 Å². The molecule has 0 saturated carbocycles. The molecular weight excluding hydrogens is 518 g/mol. The van der Waals surface area contributed by atoms with E-state index in [9.17, 15) is 13.0 Å². The Bertz CT molecular complexity index is 959. The maximum atomic E-state index is 10.5. The lowest BCUT2D eigenvalue weighted by atomic mass is 10.2. The lowest BCUT2D eigenvalue weighted by Crippen LogP contribution is -3.61. The van der Waals surface area contributed by atoms with Crippen molar-refractivity contribution < 1.29 is 34.2 Å². The molecule has 0 aromatic heterocycles. The van der Waals surface area contributed by atoms with Gasteiger partial charge in [-0.25, -0.2) is 8.42 Å². The van der Waals surface area contributed by atoms with Crippen molar-refractivity contribution in [2.75, 3.05) is 0 Å². The molecule has 0 heterocycles. The molecule has 0 bridgehead atoms. The van der Waals surface area contributed by atoms with E-state index in [0.717, 1.165) is 6.07 Å². The molecule has 3 nitrogen and oxygen atoms in total. The molecule has 0 aliphatic rings. The molecule has 0 aliphatic heterocycles. The summed E-state index contributed by atoms with van der Waals surface area (Å²) in [6.45, 7) is 4.27. The molecule has 0 N–H and O–H groups in total. The van der Waals surface area contributed by atoms with E-state index in [1.54, 1.807) is 0 Å². The number of hydrogen-bond donors (Lipinski definition) is 0. The molecular formula is C20H17Cl2IO3S. The van der Waals surface area contributed by atoms with Crippen molar-refractivity contribution >= 4 is 33.3 Å².